The average Bonchev–Trinajstić information content (AvgIpc) is 2.72. The third-order valence-corrected chi connectivity index (χ3v) is 8.33. The van der Waals surface area contributed by atoms with Gasteiger partial charge < -0.3 is 15.0 Å². The summed E-state index contributed by atoms with van der Waals surface area (Å²) in [6.07, 6.45) is 9.50. The highest BCUT2D eigenvalue weighted by Gasteiger charge is 2.61. The molecule has 1 heterocycles. The molecule has 5 aliphatic rings. The van der Waals surface area contributed by atoms with Crippen molar-refractivity contribution in [3.63, 3.8) is 0 Å². The molecule has 5 fully saturated rings. The van der Waals surface area contributed by atoms with Crippen LogP contribution in [0.4, 0.5) is 0 Å². The van der Waals surface area contributed by atoms with Gasteiger partial charge in [-0.25, -0.2) is 0 Å². The minimum absolute atomic E-state index is 0.111. The molecule has 6 rings (SSSR count). The van der Waals surface area contributed by atoms with Crippen molar-refractivity contribution in [2.75, 3.05) is 27.2 Å². The highest BCUT2D eigenvalue weighted by atomic mass is 16.5. The molecule has 4 bridgehead atoms. The van der Waals surface area contributed by atoms with Gasteiger partial charge in [-0.3, -0.25) is 4.79 Å². The number of rotatable bonds is 4. The summed E-state index contributed by atoms with van der Waals surface area (Å²) in [6, 6.07) is 9.20. The number of amides is 1. The number of carbonyl (C=O) groups is 1. The monoisotopic (exact) mass is 382 g/mol. The number of methoxy groups -OCH3 is 1. The first-order chi connectivity index (χ1) is 13.6. The number of nitrogens with zero attached hydrogens (tertiary/aromatic N) is 1. The van der Waals surface area contributed by atoms with Crippen LogP contribution >= 0.6 is 0 Å². The van der Waals surface area contributed by atoms with E-state index < -0.39 is 0 Å². The molecule has 1 saturated heterocycles. The molecule has 4 saturated carbocycles. The van der Waals surface area contributed by atoms with Crippen molar-refractivity contribution in [3.05, 3.63) is 29.8 Å². The number of hydrogen-bond donors (Lipinski definition) is 1. The predicted octanol–water partition coefficient (Wildman–Crippen LogP) is 3.74. The summed E-state index contributed by atoms with van der Waals surface area (Å²) >= 11 is 0. The first kappa shape index (κ1) is 18.5. The van der Waals surface area contributed by atoms with E-state index in [1.165, 1.54) is 31.2 Å². The molecule has 0 radical (unpaired) electrons. The molecule has 1 aromatic carbocycles. The number of piperidine rings is 1. The summed E-state index contributed by atoms with van der Waals surface area (Å²) < 4.78 is 5.38. The molecule has 1 aliphatic heterocycles. The van der Waals surface area contributed by atoms with Crippen LogP contribution in [-0.4, -0.2) is 44.1 Å². The Labute approximate surface area is 169 Å². The molecule has 152 valence electrons. The van der Waals surface area contributed by atoms with E-state index in [1.807, 2.05) is 7.05 Å². The Morgan fingerprint density at radius 3 is 2.50 bits per heavy atom. The second-order valence-electron chi connectivity index (χ2n) is 10.1. The maximum atomic E-state index is 13.9. The number of ether oxygens (including phenoxy) is 1. The van der Waals surface area contributed by atoms with Crippen molar-refractivity contribution in [1.29, 1.82) is 0 Å². The number of nitrogens with one attached hydrogen (secondary N) is 1. The van der Waals surface area contributed by atoms with Crippen LogP contribution in [0, 0.1) is 17.3 Å². The molecule has 1 amide bonds. The molecule has 0 spiro atoms. The van der Waals surface area contributed by atoms with Gasteiger partial charge in [-0.2, -0.15) is 0 Å². The van der Waals surface area contributed by atoms with Gasteiger partial charge in [-0.05, 0) is 93.4 Å². The second-order valence-corrected chi connectivity index (χ2v) is 10.1. The van der Waals surface area contributed by atoms with E-state index >= 15 is 0 Å². The van der Waals surface area contributed by atoms with Crippen molar-refractivity contribution in [3.8, 4) is 5.75 Å². The standard InChI is InChI=1S/C24H34N2O2/c1-25-20-4-3-9-26(15-20)22(27)24-13-17-10-18(14-24)12-23(11-17,16-24)19-5-7-21(28-2)8-6-19/h5-8,17-18,20,25H,3-4,9-16H2,1-2H3. The van der Waals surface area contributed by atoms with E-state index in [0.717, 1.165) is 56.4 Å². The number of likely N-dealkylation sites (tertiary alicyclic amines) is 1. The Kier molecular flexibility index (Phi) is 4.46. The zero-order valence-corrected chi connectivity index (χ0v) is 17.4. The largest absolute Gasteiger partial charge is 0.497 e. The Morgan fingerprint density at radius 2 is 1.86 bits per heavy atom. The predicted molar refractivity (Wildman–Crippen MR) is 110 cm³/mol. The van der Waals surface area contributed by atoms with Gasteiger partial charge in [0.15, 0.2) is 0 Å². The van der Waals surface area contributed by atoms with Gasteiger partial charge in [0, 0.05) is 19.1 Å². The number of hydrogen-bond acceptors (Lipinski definition) is 3. The van der Waals surface area contributed by atoms with Gasteiger partial charge in [-0.15, -0.1) is 0 Å². The zero-order valence-electron chi connectivity index (χ0n) is 17.4. The second kappa shape index (κ2) is 6.76. The molecular weight excluding hydrogens is 348 g/mol. The zero-order chi connectivity index (χ0) is 19.4. The van der Waals surface area contributed by atoms with Crippen molar-refractivity contribution < 1.29 is 9.53 Å². The average molecular weight is 383 g/mol. The number of carbonyl (C=O) groups excluding carboxylic acids is 1. The SMILES string of the molecule is CNC1CCCN(C(=O)C23CC4CC(C2)CC(c2ccc(OC)cc2)(C4)C3)C1. The van der Waals surface area contributed by atoms with Crippen LogP contribution < -0.4 is 10.1 Å². The molecule has 3 atom stereocenters. The number of benzene rings is 1. The van der Waals surface area contributed by atoms with Crippen LogP contribution in [0.1, 0.15) is 56.9 Å². The van der Waals surface area contributed by atoms with E-state index in [-0.39, 0.29) is 10.8 Å². The molecule has 4 nitrogen and oxygen atoms in total. The fourth-order valence-corrected chi connectivity index (χ4v) is 7.53. The van der Waals surface area contributed by atoms with E-state index in [9.17, 15) is 4.79 Å². The Bertz CT molecular complexity index is 729. The summed E-state index contributed by atoms with van der Waals surface area (Å²) in [7, 11) is 3.76. The Morgan fingerprint density at radius 1 is 1.14 bits per heavy atom. The van der Waals surface area contributed by atoms with Crippen LogP contribution in [-0.2, 0) is 10.2 Å². The van der Waals surface area contributed by atoms with Gasteiger partial charge in [0.2, 0.25) is 5.91 Å². The Hall–Kier alpha value is -1.55. The first-order valence-corrected chi connectivity index (χ1v) is 11.2. The van der Waals surface area contributed by atoms with Crippen molar-refractivity contribution in [1.82, 2.24) is 10.2 Å². The van der Waals surface area contributed by atoms with Crippen molar-refractivity contribution in [2.24, 2.45) is 17.3 Å². The van der Waals surface area contributed by atoms with Crippen LogP contribution in [0.15, 0.2) is 24.3 Å². The lowest BCUT2D eigenvalue weighted by molar-refractivity contribution is -0.161. The molecule has 28 heavy (non-hydrogen) atoms. The molecule has 4 aliphatic carbocycles. The fraction of sp³-hybridized carbons (Fsp3) is 0.708. The highest BCUT2D eigenvalue weighted by molar-refractivity contribution is 5.84. The summed E-state index contributed by atoms with van der Waals surface area (Å²) in [6.45, 7) is 1.84. The minimum Gasteiger partial charge on any atom is -0.497 e. The highest BCUT2D eigenvalue weighted by Crippen LogP contribution is 2.66. The summed E-state index contributed by atoms with van der Waals surface area (Å²) in [5, 5.41) is 3.40. The van der Waals surface area contributed by atoms with Crippen molar-refractivity contribution in [2.45, 2.75) is 62.8 Å². The van der Waals surface area contributed by atoms with Gasteiger partial charge in [0.25, 0.3) is 0 Å². The van der Waals surface area contributed by atoms with Gasteiger partial charge in [0.05, 0.1) is 12.5 Å². The molecule has 3 unspecified atom stereocenters. The molecule has 1 aromatic rings. The number of likely N-dealkylation sites (N-methyl/N-ethyl adjacent to an activating group) is 1. The van der Waals surface area contributed by atoms with Gasteiger partial charge >= 0.3 is 0 Å². The maximum absolute atomic E-state index is 13.9. The third-order valence-electron chi connectivity index (χ3n) is 8.33. The van der Waals surface area contributed by atoms with E-state index in [4.69, 9.17) is 4.74 Å². The lowest BCUT2D eigenvalue weighted by atomic mass is 9.42. The van der Waals surface area contributed by atoms with Crippen molar-refractivity contribution >= 4 is 5.91 Å². The molecule has 1 N–H and O–H groups in total. The molecule has 4 heteroatoms. The van der Waals surface area contributed by atoms with Gasteiger partial charge in [0.1, 0.15) is 5.75 Å². The lowest BCUT2D eigenvalue weighted by Gasteiger charge is -2.62. The minimum atomic E-state index is -0.111. The summed E-state index contributed by atoms with van der Waals surface area (Å²) in [5.74, 6) is 2.83. The summed E-state index contributed by atoms with van der Waals surface area (Å²) in [4.78, 5) is 16.1. The summed E-state index contributed by atoms with van der Waals surface area (Å²) in [5.41, 5.74) is 1.52. The van der Waals surface area contributed by atoms with Crippen LogP contribution in [0.3, 0.4) is 0 Å². The van der Waals surface area contributed by atoms with Crippen LogP contribution in [0.5, 0.6) is 5.75 Å². The van der Waals surface area contributed by atoms with E-state index in [2.05, 4.69) is 34.5 Å². The molecule has 0 aromatic heterocycles. The Balaban J connectivity index is 1.45. The van der Waals surface area contributed by atoms with Gasteiger partial charge in [-0.1, -0.05) is 12.1 Å². The van der Waals surface area contributed by atoms with Crippen LogP contribution in [0.25, 0.3) is 0 Å². The smallest absolute Gasteiger partial charge is 0.228 e. The maximum Gasteiger partial charge on any atom is 0.228 e. The van der Waals surface area contributed by atoms with E-state index in [0.29, 0.717) is 11.9 Å². The quantitative estimate of drug-likeness (QED) is 0.862. The fourth-order valence-electron chi connectivity index (χ4n) is 7.53. The van der Waals surface area contributed by atoms with E-state index in [1.54, 1.807) is 7.11 Å². The normalized spacial score (nSPS) is 39.2. The van der Waals surface area contributed by atoms with Crippen LogP contribution in [0.2, 0.25) is 0 Å². The third kappa shape index (κ3) is 2.87. The molecular formula is C24H34N2O2. The topological polar surface area (TPSA) is 41.6 Å². The lowest BCUT2D eigenvalue weighted by Crippen LogP contribution is -2.61. The first-order valence-electron chi connectivity index (χ1n) is 11.2.